The van der Waals surface area contributed by atoms with Crippen LogP contribution in [0, 0.1) is 26.6 Å². The monoisotopic (exact) mass is 429 g/mol. The summed E-state index contributed by atoms with van der Waals surface area (Å²) in [5.74, 6) is -0.878. The number of H-pyrrole nitrogens is 1. The molecule has 4 rings (SSSR count). The van der Waals surface area contributed by atoms with Gasteiger partial charge in [0.2, 0.25) is 0 Å². The van der Waals surface area contributed by atoms with Crippen LogP contribution < -0.4 is 5.56 Å². The number of fused-ring (bicyclic) bond motifs is 1. The normalized spacial score (nSPS) is 13.7. The second-order valence-corrected chi connectivity index (χ2v) is 8.02. The maximum atomic E-state index is 14.9. The zero-order valence-electron chi connectivity index (χ0n) is 17.1. The minimum absolute atomic E-state index is 0.133. The summed E-state index contributed by atoms with van der Waals surface area (Å²) in [6, 6.07) is 3.20. The van der Waals surface area contributed by atoms with Gasteiger partial charge >= 0.3 is 0 Å². The molecule has 3 aromatic rings. The molecule has 0 fully saturated rings. The lowest BCUT2D eigenvalue weighted by Crippen LogP contribution is -2.39. The Kier molecular flexibility index (Phi) is 4.97. The first-order chi connectivity index (χ1) is 14.2. The van der Waals surface area contributed by atoms with Gasteiger partial charge in [0.25, 0.3) is 11.5 Å². The van der Waals surface area contributed by atoms with Gasteiger partial charge in [0.15, 0.2) is 0 Å². The number of hydrogen-bond donors (Lipinski definition) is 1. The van der Waals surface area contributed by atoms with E-state index in [1.54, 1.807) is 25.8 Å². The molecule has 0 radical (unpaired) electrons. The van der Waals surface area contributed by atoms with E-state index in [9.17, 15) is 14.0 Å². The highest BCUT2D eigenvalue weighted by atomic mass is 35.5. The standard InChI is InChI=1S/C21H21ClFN5O2/c1-10-7-11(2)24-20(29)15(10)9-28-6-5-13-16(23)8-14(18(22)17(13)21(28)30)19-12(3)25-26-27(19)4/h7-8H,5-6,9H2,1-4H3,(H,24,29). The van der Waals surface area contributed by atoms with Crippen LogP contribution in [0.25, 0.3) is 11.3 Å². The number of benzene rings is 1. The number of amides is 1. The number of halogens is 2. The van der Waals surface area contributed by atoms with Crippen molar-refractivity contribution in [2.24, 2.45) is 7.05 Å². The lowest BCUT2D eigenvalue weighted by atomic mass is 9.93. The van der Waals surface area contributed by atoms with Crippen LogP contribution in [0.5, 0.6) is 0 Å². The first-order valence-electron chi connectivity index (χ1n) is 9.55. The van der Waals surface area contributed by atoms with E-state index in [4.69, 9.17) is 11.6 Å². The summed E-state index contributed by atoms with van der Waals surface area (Å²) in [7, 11) is 1.68. The van der Waals surface area contributed by atoms with E-state index in [2.05, 4.69) is 15.3 Å². The minimum atomic E-state index is -0.484. The van der Waals surface area contributed by atoms with Gasteiger partial charge < -0.3 is 9.88 Å². The van der Waals surface area contributed by atoms with Gasteiger partial charge in [-0.2, -0.15) is 0 Å². The van der Waals surface area contributed by atoms with E-state index in [0.717, 1.165) is 11.3 Å². The van der Waals surface area contributed by atoms with Gasteiger partial charge in [-0.25, -0.2) is 9.07 Å². The number of nitrogens with one attached hydrogen (secondary N) is 1. The van der Waals surface area contributed by atoms with Crippen LogP contribution in [-0.4, -0.2) is 37.3 Å². The lowest BCUT2D eigenvalue weighted by molar-refractivity contribution is 0.0724. The number of pyridine rings is 1. The van der Waals surface area contributed by atoms with Crippen LogP contribution in [-0.2, 0) is 20.0 Å². The summed E-state index contributed by atoms with van der Waals surface area (Å²) in [4.78, 5) is 30.0. The first kappa shape index (κ1) is 20.3. The third-order valence-electron chi connectivity index (χ3n) is 5.54. The zero-order valence-corrected chi connectivity index (χ0v) is 17.9. The summed E-state index contributed by atoms with van der Waals surface area (Å²) in [5.41, 5.74) is 3.79. The molecule has 1 amide bonds. The van der Waals surface area contributed by atoms with Gasteiger partial charge in [0.1, 0.15) is 5.82 Å². The molecular weight excluding hydrogens is 409 g/mol. The van der Waals surface area contributed by atoms with Crippen LogP contribution in [0.15, 0.2) is 16.9 Å². The number of nitrogens with zero attached hydrogens (tertiary/aromatic N) is 4. The number of carbonyl (C=O) groups excluding carboxylic acids is 1. The molecule has 30 heavy (non-hydrogen) atoms. The molecule has 1 N–H and O–H groups in total. The summed E-state index contributed by atoms with van der Waals surface area (Å²) < 4.78 is 16.4. The Morgan fingerprint density at radius 1 is 1.23 bits per heavy atom. The molecule has 0 saturated heterocycles. The Bertz CT molecular complexity index is 1230. The predicted octanol–water partition coefficient (Wildman–Crippen LogP) is 3.09. The van der Waals surface area contributed by atoms with Gasteiger partial charge in [-0.1, -0.05) is 16.8 Å². The molecule has 0 atom stereocenters. The van der Waals surface area contributed by atoms with Gasteiger partial charge in [-0.15, -0.1) is 5.10 Å². The van der Waals surface area contributed by atoms with Crippen molar-refractivity contribution in [3.8, 4) is 11.3 Å². The molecule has 0 bridgehead atoms. The van der Waals surface area contributed by atoms with Crippen LogP contribution in [0.3, 0.4) is 0 Å². The van der Waals surface area contributed by atoms with Crippen molar-refractivity contribution in [1.29, 1.82) is 0 Å². The first-order valence-corrected chi connectivity index (χ1v) is 9.93. The summed E-state index contributed by atoms with van der Waals surface area (Å²) in [5, 5.41) is 8.10. The number of aromatic amines is 1. The number of carbonyl (C=O) groups is 1. The second-order valence-electron chi connectivity index (χ2n) is 7.64. The third-order valence-corrected chi connectivity index (χ3v) is 5.94. The molecule has 156 valence electrons. The number of aryl methyl sites for hydroxylation is 4. The number of aromatic nitrogens is 4. The van der Waals surface area contributed by atoms with Crippen molar-refractivity contribution in [2.75, 3.05) is 6.54 Å². The molecule has 9 heteroatoms. The predicted molar refractivity (Wildman–Crippen MR) is 111 cm³/mol. The van der Waals surface area contributed by atoms with E-state index in [0.29, 0.717) is 41.0 Å². The fourth-order valence-corrected chi connectivity index (χ4v) is 4.40. The van der Waals surface area contributed by atoms with Crippen LogP contribution >= 0.6 is 11.6 Å². The average molecular weight is 430 g/mol. The molecule has 2 aromatic heterocycles. The van der Waals surface area contributed by atoms with E-state index < -0.39 is 11.7 Å². The van der Waals surface area contributed by atoms with Crippen molar-refractivity contribution >= 4 is 17.5 Å². The Morgan fingerprint density at radius 2 is 1.97 bits per heavy atom. The van der Waals surface area contributed by atoms with Crippen molar-refractivity contribution in [2.45, 2.75) is 33.7 Å². The summed E-state index contributed by atoms with van der Waals surface area (Å²) in [6.07, 6.45) is 0.318. The maximum Gasteiger partial charge on any atom is 0.256 e. The van der Waals surface area contributed by atoms with E-state index in [1.807, 2.05) is 13.0 Å². The van der Waals surface area contributed by atoms with Crippen molar-refractivity contribution in [3.63, 3.8) is 0 Å². The van der Waals surface area contributed by atoms with Gasteiger partial charge in [-0.3, -0.25) is 9.59 Å². The zero-order chi connectivity index (χ0) is 21.7. The molecule has 0 spiro atoms. The minimum Gasteiger partial charge on any atom is -0.334 e. The fraction of sp³-hybridized carbons (Fsp3) is 0.333. The second kappa shape index (κ2) is 7.36. The summed E-state index contributed by atoms with van der Waals surface area (Å²) in [6.45, 7) is 5.82. The Labute approximate surface area is 177 Å². The highest BCUT2D eigenvalue weighted by Gasteiger charge is 2.32. The van der Waals surface area contributed by atoms with Crippen LogP contribution in [0.4, 0.5) is 4.39 Å². The molecule has 0 unspecified atom stereocenters. The number of hydrogen-bond acceptors (Lipinski definition) is 4. The van der Waals surface area contributed by atoms with Crippen molar-refractivity contribution in [1.82, 2.24) is 24.9 Å². The molecule has 0 saturated carbocycles. The topological polar surface area (TPSA) is 83.9 Å². The highest BCUT2D eigenvalue weighted by molar-refractivity contribution is 6.36. The van der Waals surface area contributed by atoms with Crippen molar-refractivity contribution in [3.05, 3.63) is 67.0 Å². The van der Waals surface area contributed by atoms with Gasteiger partial charge in [0.05, 0.1) is 28.5 Å². The quantitative estimate of drug-likeness (QED) is 0.693. The SMILES string of the molecule is Cc1cc(C)c(CN2CCc3c(F)cc(-c4c(C)nnn4C)c(Cl)c3C2=O)c(=O)[nH]1. The largest absolute Gasteiger partial charge is 0.334 e. The van der Waals surface area contributed by atoms with Crippen molar-refractivity contribution < 1.29 is 9.18 Å². The van der Waals surface area contributed by atoms with E-state index >= 15 is 0 Å². The Morgan fingerprint density at radius 3 is 2.60 bits per heavy atom. The Balaban J connectivity index is 1.79. The molecule has 7 nitrogen and oxygen atoms in total. The van der Waals surface area contributed by atoms with Crippen LogP contribution in [0.2, 0.25) is 5.02 Å². The molecule has 1 aliphatic heterocycles. The van der Waals surface area contributed by atoms with E-state index in [1.165, 1.54) is 10.7 Å². The van der Waals surface area contributed by atoms with Crippen LogP contribution in [0.1, 0.15) is 38.4 Å². The molecule has 1 aliphatic rings. The fourth-order valence-electron chi connectivity index (χ4n) is 4.06. The lowest BCUT2D eigenvalue weighted by Gasteiger charge is -2.30. The molecular formula is C21H21ClFN5O2. The molecule has 3 heterocycles. The van der Waals surface area contributed by atoms with Gasteiger partial charge in [-0.05, 0) is 44.9 Å². The highest BCUT2D eigenvalue weighted by Crippen LogP contribution is 2.38. The average Bonchev–Trinajstić information content (AvgIpc) is 3.00. The third kappa shape index (κ3) is 3.21. The molecule has 0 aliphatic carbocycles. The number of rotatable bonds is 3. The van der Waals surface area contributed by atoms with E-state index in [-0.39, 0.29) is 22.7 Å². The maximum absolute atomic E-state index is 14.9. The Hall–Kier alpha value is -3.00. The summed E-state index contributed by atoms with van der Waals surface area (Å²) >= 11 is 6.63. The molecule has 1 aromatic carbocycles. The smallest absolute Gasteiger partial charge is 0.256 e. The van der Waals surface area contributed by atoms with Gasteiger partial charge in [0, 0.05) is 36.0 Å².